The lowest BCUT2D eigenvalue weighted by molar-refractivity contribution is -0.160. The van der Waals surface area contributed by atoms with Gasteiger partial charge in [0.05, 0.1) is 12.0 Å². The molecule has 2 rings (SSSR count). The van der Waals surface area contributed by atoms with E-state index in [-0.39, 0.29) is 23.3 Å². The molecule has 0 radical (unpaired) electrons. The minimum Gasteiger partial charge on any atom is -0.464 e. The Balaban J connectivity index is 2.14. The van der Waals surface area contributed by atoms with Crippen LogP contribution in [0, 0.1) is 5.41 Å². The van der Waals surface area contributed by atoms with Gasteiger partial charge in [-0.25, -0.2) is 4.79 Å². The predicted molar refractivity (Wildman–Crippen MR) is 76.2 cm³/mol. The van der Waals surface area contributed by atoms with E-state index in [4.69, 9.17) is 4.74 Å². The number of nitrogens with zero attached hydrogens (tertiary/aromatic N) is 1. The summed E-state index contributed by atoms with van der Waals surface area (Å²) in [6.07, 6.45) is 4.40. The molecule has 5 nitrogen and oxygen atoms in total. The third-order valence-electron chi connectivity index (χ3n) is 4.70. The predicted octanol–water partition coefficient (Wildman–Crippen LogP) is 1.32. The van der Waals surface area contributed by atoms with Crippen molar-refractivity contribution in [3.8, 4) is 0 Å². The highest BCUT2D eigenvalue weighted by molar-refractivity contribution is 5.88. The van der Waals surface area contributed by atoms with E-state index in [1.807, 2.05) is 0 Å². The molecule has 2 aliphatic heterocycles. The second-order valence-corrected chi connectivity index (χ2v) is 5.82. The van der Waals surface area contributed by atoms with Gasteiger partial charge in [-0.15, -0.1) is 0 Å². The quantitative estimate of drug-likeness (QED) is 0.790. The Morgan fingerprint density at radius 1 is 1.35 bits per heavy atom. The normalized spacial score (nSPS) is 30.3. The summed E-state index contributed by atoms with van der Waals surface area (Å²) in [5, 5.41) is 3.29. The zero-order chi connectivity index (χ0) is 14.6. The van der Waals surface area contributed by atoms with Gasteiger partial charge in [-0.3, -0.25) is 4.79 Å². The first kappa shape index (κ1) is 15.3. The molecule has 2 saturated heterocycles. The zero-order valence-electron chi connectivity index (χ0n) is 12.6. The van der Waals surface area contributed by atoms with Crippen LogP contribution in [0.5, 0.6) is 0 Å². The maximum absolute atomic E-state index is 13.0. The summed E-state index contributed by atoms with van der Waals surface area (Å²) < 4.78 is 5.14. The Kier molecular flexibility index (Phi) is 5.02. The van der Waals surface area contributed by atoms with Gasteiger partial charge in [0.15, 0.2) is 0 Å². The first-order chi connectivity index (χ1) is 9.64. The first-order valence-corrected chi connectivity index (χ1v) is 7.83. The number of hydrogen-bond acceptors (Lipinski definition) is 4. The Labute approximate surface area is 121 Å². The van der Waals surface area contributed by atoms with Gasteiger partial charge < -0.3 is 15.0 Å². The molecular weight excluding hydrogens is 256 g/mol. The number of carbonyl (C=O) groups is 2. The second kappa shape index (κ2) is 6.57. The number of nitrogens with one attached hydrogen (secondary N) is 1. The molecule has 0 aromatic carbocycles. The van der Waals surface area contributed by atoms with E-state index in [9.17, 15) is 9.59 Å². The van der Waals surface area contributed by atoms with Crippen molar-refractivity contribution in [1.29, 1.82) is 0 Å². The van der Waals surface area contributed by atoms with Crippen molar-refractivity contribution in [3.05, 3.63) is 0 Å². The average molecular weight is 282 g/mol. The van der Waals surface area contributed by atoms with Gasteiger partial charge in [0.25, 0.3) is 0 Å². The van der Waals surface area contributed by atoms with E-state index >= 15 is 0 Å². The summed E-state index contributed by atoms with van der Waals surface area (Å²) in [4.78, 5) is 26.8. The van der Waals surface area contributed by atoms with E-state index in [2.05, 4.69) is 12.2 Å². The third kappa shape index (κ3) is 2.82. The minimum atomic E-state index is -0.375. The first-order valence-electron chi connectivity index (χ1n) is 7.83. The molecule has 0 aromatic rings. The molecule has 0 bridgehead atoms. The summed E-state index contributed by atoms with van der Waals surface area (Å²) in [6, 6.07) is -0.375. The Morgan fingerprint density at radius 3 is 2.75 bits per heavy atom. The van der Waals surface area contributed by atoms with Crippen LogP contribution in [0.3, 0.4) is 0 Å². The highest BCUT2D eigenvalue weighted by Gasteiger charge is 2.45. The lowest BCUT2D eigenvalue weighted by Gasteiger charge is -2.39. The lowest BCUT2D eigenvalue weighted by atomic mass is 9.81. The molecule has 2 heterocycles. The highest BCUT2D eigenvalue weighted by atomic mass is 16.5. The highest BCUT2D eigenvalue weighted by Crippen LogP contribution is 2.34. The van der Waals surface area contributed by atoms with Gasteiger partial charge >= 0.3 is 5.97 Å². The van der Waals surface area contributed by atoms with Crippen LogP contribution in [0.15, 0.2) is 0 Å². The maximum atomic E-state index is 13.0. The van der Waals surface area contributed by atoms with E-state index in [1.165, 1.54) is 0 Å². The Bertz CT molecular complexity index is 364. The molecule has 5 heteroatoms. The van der Waals surface area contributed by atoms with Crippen molar-refractivity contribution >= 4 is 11.9 Å². The zero-order valence-corrected chi connectivity index (χ0v) is 12.6. The van der Waals surface area contributed by atoms with E-state index in [0.29, 0.717) is 13.2 Å². The van der Waals surface area contributed by atoms with E-state index < -0.39 is 0 Å². The number of amides is 1. The number of piperidine rings is 1. The summed E-state index contributed by atoms with van der Waals surface area (Å²) in [5.41, 5.74) is -0.317. The number of hydrogen-bond donors (Lipinski definition) is 1. The van der Waals surface area contributed by atoms with Crippen molar-refractivity contribution in [1.82, 2.24) is 10.2 Å². The third-order valence-corrected chi connectivity index (χ3v) is 4.70. The molecular formula is C15H26N2O3. The van der Waals surface area contributed by atoms with Gasteiger partial charge in [0.2, 0.25) is 5.91 Å². The van der Waals surface area contributed by atoms with Crippen LogP contribution in [0.25, 0.3) is 0 Å². The fraction of sp³-hybridized carbons (Fsp3) is 0.867. The molecule has 0 spiro atoms. The van der Waals surface area contributed by atoms with Crippen molar-refractivity contribution in [2.75, 3.05) is 26.2 Å². The molecule has 114 valence electrons. The Morgan fingerprint density at radius 2 is 2.15 bits per heavy atom. The summed E-state index contributed by atoms with van der Waals surface area (Å²) in [5.74, 6) is -0.0967. The van der Waals surface area contributed by atoms with Crippen LogP contribution < -0.4 is 5.32 Å². The van der Waals surface area contributed by atoms with Crippen LogP contribution in [-0.2, 0) is 14.3 Å². The number of carbonyl (C=O) groups excluding carboxylic acids is 2. The summed E-state index contributed by atoms with van der Waals surface area (Å²) in [7, 11) is 0. The number of ether oxygens (including phenoxy) is 1. The molecule has 0 aromatic heterocycles. The van der Waals surface area contributed by atoms with E-state index in [1.54, 1.807) is 11.8 Å². The smallest absolute Gasteiger partial charge is 0.328 e. The largest absolute Gasteiger partial charge is 0.464 e. The minimum absolute atomic E-state index is 0.141. The average Bonchev–Trinajstić information content (AvgIpc) is 2.97. The maximum Gasteiger partial charge on any atom is 0.328 e. The van der Waals surface area contributed by atoms with Gasteiger partial charge in [-0.2, -0.15) is 0 Å². The fourth-order valence-corrected chi connectivity index (χ4v) is 3.34. The summed E-state index contributed by atoms with van der Waals surface area (Å²) in [6.45, 7) is 6.54. The monoisotopic (exact) mass is 282 g/mol. The van der Waals surface area contributed by atoms with Crippen LogP contribution in [0.1, 0.15) is 46.0 Å². The molecule has 2 unspecified atom stereocenters. The summed E-state index contributed by atoms with van der Waals surface area (Å²) >= 11 is 0. The molecule has 1 N–H and O–H groups in total. The van der Waals surface area contributed by atoms with Gasteiger partial charge in [-0.05, 0) is 45.6 Å². The van der Waals surface area contributed by atoms with Crippen molar-refractivity contribution in [2.45, 2.75) is 52.0 Å². The van der Waals surface area contributed by atoms with Crippen LogP contribution in [0.2, 0.25) is 0 Å². The molecule has 20 heavy (non-hydrogen) atoms. The topological polar surface area (TPSA) is 58.6 Å². The van der Waals surface area contributed by atoms with Gasteiger partial charge in [0, 0.05) is 13.1 Å². The number of rotatable bonds is 4. The van der Waals surface area contributed by atoms with Crippen molar-refractivity contribution in [2.24, 2.45) is 5.41 Å². The molecule has 0 aliphatic carbocycles. The number of likely N-dealkylation sites (tertiary alicyclic amines) is 1. The van der Waals surface area contributed by atoms with Crippen molar-refractivity contribution in [3.63, 3.8) is 0 Å². The molecule has 2 atom stereocenters. The SMILES string of the molecule is CCOC(=O)C1CCCCN1C(=O)C1(CC)CCNC1. The molecule has 2 fully saturated rings. The Hall–Kier alpha value is -1.10. The standard InChI is InChI=1S/C15H26N2O3/c1-3-15(8-9-16-11-15)14(19)17-10-6-5-7-12(17)13(18)20-4-2/h12,16H,3-11H2,1-2H3. The van der Waals surface area contributed by atoms with Crippen molar-refractivity contribution < 1.29 is 14.3 Å². The van der Waals surface area contributed by atoms with Gasteiger partial charge in [-0.1, -0.05) is 6.92 Å². The lowest BCUT2D eigenvalue weighted by Crippen LogP contribution is -2.54. The van der Waals surface area contributed by atoms with Crippen LogP contribution in [-0.4, -0.2) is 49.1 Å². The molecule has 1 amide bonds. The van der Waals surface area contributed by atoms with Gasteiger partial charge in [0.1, 0.15) is 6.04 Å². The van der Waals surface area contributed by atoms with E-state index in [0.717, 1.165) is 45.2 Å². The molecule has 0 saturated carbocycles. The van der Waals surface area contributed by atoms with Crippen LogP contribution in [0.4, 0.5) is 0 Å². The van der Waals surface area contributed by atoms with Crippen LogP contribution >= 0.6 is 0 Å². The number of esters is 1. The fourth-order valence-electron chi connectivity index (χ4n) is 3.34. The molecule has 2 aliphatic rings. The second-order valence-electron chi connectivity index (χ2n) is 5.82.